The lowest BCUT2D eigenvalue weighted by Crippen LogP contribution is -2.68. The molecule has 280 valence electrons. The number of hydrogen-bond acceptors (Lipinski definition) is 12. The zero-order chi connectivity index (χ0) is 38.2. The lowest BCUT2D eigenvalue weighted by Gasteiger charge is -2.61. The van der Waals surface area contributed by atoms with Crippen LogP contribution in [0.1, 0.15) is 86.3 Å². The van der Waals surface area contributed by atoms with Crippen molar-refractivity contribution in [3.8, 4) is 0 Å². The second-order valence-corrected chi connectivity index (χ2v) is 15.1. The van der Waals surface area contributed by atoms with Crippen molar-refractivity contribution in [3.63, 3.8) is 0 Å². The third-order valence-electron chi connectivity index (χ3n) is 11.2. The van der Waals surface area contributed by atoms with Gasteiger partial charge in [-0.05, 0) is 61.1 Å². The van der Waals surface area contributed by atoms with Gasteiger partial charge in [-0.2, -0.15) is 0 Å². The molecule has 12 nitrogen and oxygen atoms in total. The van der Waals surface area contributed by atoms with Crippen LogP contribution in [0.15, 0.2) is 53.6 Å². The zero-order valence-electron chi connectivity index (χ0n) is 31.4. The molecule has 0 saturated heterocycles. The molecule has 1 aromatic carbocycles. The molecular formula is C39H53NO11. The summed E-state index contributed by atoms with van der Waals surface area (Å²) >= 11 is 0. The van der Waals surface area contributed by atoms with Gasteiger partial charge in [0.2, 0.25) is 0 Å². The molecule has 0 spiro atoms. The summed E-state index contributed by atoms with van der Waals surface area (Å²) in [6.45, 7) is 16.6. The van der Waals surface area contributed by atoms with E-state index in [1.807, 2.05) is 63.2 Å². The average Bonchev–Trinajstić information content (AvgIpc) is 3.01. The van der Waals surface area contributed by atoms with E-state index in [4.69, 9.17) is 23.7 Å². The van der Waals surface area contributed by atoms with E-state index in [1.165, 1.54) is 27.7 Å². The fraction of sp³-hybridized carbons (Fsp3) is 0.615. The smallest absolute Gasteiger partial charge is 0.308 e. The molecular weight excluding hydrogens is 658 g/mol. The number of esters is 5. The molecule has 2 fully saturated rings. The molecule has 0 amide bonds. The number of aliphatic hydroxyl groups excluding tert-OH is 1. The Bertz CT molecular complexity index is 1570. The number of rotatable bonds is 9. The second-order valence-electron chi connectivity index (χ2n) is 15.1. The van der Waals surface area contributed by atoms with Gasteiger partial charge in [0.05, 0.1) is 17.9 Å². The van der Waals surface area contributed by atoms with Gasteiger partial charge in [-0.1, -0.05) is 57.7 Å². The van der Waals surface area contributed by atoms with E-state index in [0.29, 0.717) is 16.7 Å². The van der Waals surface area contributed by atoms with Crippen LogP contribution in [0.2, 0.25) is 0 Å². The molecule has 2 bridgehead atoms. The molecule has 10 atom stereocenters. The van der Waals surface area contributed by atoms with Gasteiger partial charge in [0.1, 0.15) is 18.3 Å². The third kappa shape index (κ3) is 7.91. The highest BCUT2D eigenvalue weighted by molar-refractivity contribution is 5.72. The standard InChI is InChI=1S/C39H53NO11/c1-20-30(51-32(45)18-28(40(10)11)26-15-13-12-14-16-26)19-31(48-23(4)42)39(9)33(20)35(46)27-17-29(47-22(3)41)21(2)34(38(27,7)8)36(49-24(5)43)37(39)50-25(6)44/h12-16,27-31,33,35-37,46H,1,17-19H2,2-11H3/t27-,28+,29-,30-,31-,33-,35+,36+,37-,39+/m0/s1. The summed E-state index contributed by atoms with van der Waals surface area (Å²) in [6.07, 6.45) is -6.59. The normalized spacial score (nSPS) is 32.0. The molecule has 0 heterocycles. The largest absolute Gasteiger partial charge is 0.462 e. The van der Waals surface area contributed by atoms with Crippen molar-refractivity contribution in [1.82, 2.24) is 4.90 Å². The van der Waals surface area contributed by atoms with Crippen LogP contribution in [0.3, 0.4) is 0 Å². The van der Waals surface area contributed by atoms with Crippen molar-refractivity contribution >= 4 is 29.8 Å². The maximum atomic E-state index is 13.7. The van der Waals surface area contributed by atoms with Gasteiger partial charge in [-0.25, -0.2) is 0 Å². The van der Waals surface area contributed by atoms with Crippen molar-refractivity contribution in [3.05, 3.63) is 59.2 Å². The number of aliphatic hydroxyl groups is 1. The van der Waals surface area contributed by atoms with Gasteiger partial charge >= 0.3 is 29.8 Å². The first-order valence-electron chi connectivity index (χ1n) is 17.4. The predicted molar refractivity (Wildman–Crippen MR) is 186 cm³/mol. The molecule has 0 aliphatic heterocycles. The molecule has 3 aliphatic rings. The van der Waals surface area contributed by atoms with E-state index >= 15 is 0 Å². The number of carbonyl (C=O) groups is 5. The van der Waals surface area contributed by atoms with Gasteiger partial charge in [0, 0.05) is 46.1 Å². The number of nitrogens with zero attached hydrogens (tertiary/aromatic N) is 1. The van der Waals surface area contributed by atoms with Crippen molar-refractivity contribution in [1.29, 1.82) is 0 Å². The van der Waals surface area contributed by atoms with Crippen molar-refractivity contribution in [2.45, 2.75) is 117 Å². The minimum Gasteiger partial charge on any atom is -0.462 e. The Labute approximate surface area is 300 Å². The van der Waals surface area contributed by atoms with Gasteiger partial charge in [0.25, 0.3) is 0 Å². The molecule has 0 unspecified atom stereocenters. The number of hydrogen-bond donors (Lipinski definition) is 1. The van der Waals surface area contributed by atoms with Crippen LogP contribution in [-0.4, -0.2) is 90.6 Å². The van der Waals surface area contributed by atoms with Crippen LogP contribution in [-0.2, 0) is 47.7 Å². The average molecular weight is 712 g/mol. The van der Waals surface area contributed by atoms with Crippen LogP contribution in [0.5, 0.6) is 0 Å². The topological polar surface area (TPSA) is 155 Å². The summed E-state index contributed by atoms with van der Waals surface area (Å²) < 4.78 is 30.1. The van der Waals surface area contributed by atoms with E-state index in [2.05, 4.69) is 6.58 Å². The van der Waals surface area contributed by atoms with Crippen LogP contribution >= 0.6 is 0 Å². The second kappa shape index (κ2) is 15.3. The zero-order valence-corrected chi connectivity index (χ0v) is 31.4. The highest BCUT2D eigenvalue weighted by Crippen LogP contribution is 2.61. The Morgan fingerprint density at radius 2 is 1.41 bits per heavy atom. The molecule has 12 heteroatoms. The van der Waals surface area contributed by atoms with Crippen molar-refractivity contribution in [2.75, 3.05) is 14.1 Å². The number of ether oxygens (including phenoxy) is 5. The minimum absolute atomic E-state index is 0.00125. The van der Waals surface area contributed by atoms with E-state index in [1.54, 1.807) is 13.8 Å². The Morgan fingerprint density at radius 3 is 1.94 bits per heavy atom. The van der Waals surface area contributed by atoms with Crippen LogP contribution in [0, 0.1) is 22.7 Å². The number of fused-ring (bicyclic) bond motifs is 3. The van der Waals surface area contributed by atoms with Gasteiger partial charge in [-0.3, -0.25) is 24.0 Å². The molecule has 0 aromatic heterocycles. The van der Waals surface area contributed by atoms with Crippen LogP contribution in [0.25, 0.3) is 0 Å². The molecule has 51 heavy (non-hydrogen) atoms. The Balaban J connectivity index is 1.91. The molecule has 3 aliphatic carbocycles. The molecule has 0 radical (unpaired) electrons. The Hall–Kier alpha value is -4.03. The highest BCUT2D eigenvalue weighted by Gasteiger charge is 2.67. The van der Waals surface area contributed by atoms with Gasteiger partial charge in [0.15, 0.2) is 12.2 Å². The van der Waals surface area contributed by atoms with E-state index < -0.39 is 89.1 Å². The Morgan fingerprint density at radius 1 is 0.843 bits per heavy atom. The summed E-state index contributed by atoms with van der Waals surface area (Å²) in [5, 5.41) is 12.7. The van der Waals surface area contributed by atoms with Gasteiger partial charge < -0.3 is 33.7 Å². The fourth-order valence-electron chi connectivity index (χ4n) is 8.94. The molecule has 4 rings (SSSR count). The quantitative estimate of drug-likeness (QED) is 0.216. The first-order valence-corrected chi connectivity index (χ1v) is 17.4. The lowest BCUT2D eigenvalue weighted by atomic mass is 9.48. The predicted octanol–water partition coefficient (Wildman–Crippen LogP) is 4.64. The molecule has 1 aromatic rings. The van der Waals surface area contributed by atoms with E-state index in [9.17, 15) is 29.1 Å². The fourth-order valence-corrected chi connectivity index (χ4v) is 8.94. The van der Waals surface area contributed by atoms with Crippen LogP contribution < -0.4 is 0 Å². The third-order valence-corrected chi connectivity index (χ3v) is 11.2. The first-order chi connectivity index (χ1) is 23.7. The van der Waals surface area contributed by atoms with E-state index in [-0.39, 0.29) is 25.3 Å². The summed E-state index contributed by atoms with van der Waals surface area (Å²) in [4.78, 5) is 66.5. The minimum atomic E-state index is -1.46. The van der Waals surface area contributed by atoms with E-state index in [0.717, 1.165) is 5.56 Å². The molecule has 2 saturated carbocycles. The summed E-state index contributed by atoms with van der Waals surface area (Å²) in [5.41, 5.74) is 0.0162. The SMILES string of the molecule is C=C1[C@@H](OC(=O)C[C@H](c2ccccc2)N(C)C)C[C@H](OC(C)=O)[C@@]2(C)[C@@H](OC(C)=O)[C@H](OC(C)=O)C3=C(C)[C@@H](OC(C)=O)C[C@@H]([C@@H](O)[C@H]12)C3(C)C. The van der Waals surface area contributed by atoms with Crippen molar-refractivity contribution < 1.29 is 52.8 Å². The number of carbonyl (C=O) groups excluding carboxylic acids is 5. The monoisotopic (exact) mass is 711 g/mol. The van der Waals surface area contributed by atoms with Crippen LogP contribution in [0.4, 0.5) is 0 Å². The maximum absolute atomic E-state index is 13.7. The van der Waals surface area contributed by atoms with Crippen molar-refractivity contribution in [2.24, 2.45) is 22.7 Å². The molecule has 1 N–H and O–H groups in total. The first kappa shape index (κ1) is 39.8. The lowest BCUT2D eigenvalue weighted by molar-refractivity contribution is -0.226. The maximum Gasteiger partial charge on any atom is 0.308 e. The summed E-state index contributed by atoms with van der Waals surface area (Å²) in [7, 11) is 3.73. The summed E-state index contributed by atoms with van der Waals surface area (Å²) in [6, 6.07) is 9.24. The van der Waals surface area contributed by atoms with Gasteiger partial charge in [-0.15, -0.1) is 0 Å². The Kier molecular flexibility index (Phi) is 11.9. The number of benzene rings is 1. The highest BCUT2D eigenvalue weighted by atomic mass is 16.6. The summed E-state index contributed by atoms with van der Waals surface area (Å²) in [5.74, 6) is -4.76.